The van der Waals surface area contributed by atoms with E-state index in [1.165, 1.54) is 0 Å². The molecule has 1 aliphatic carbocycles. The maximum Gasteiger partial charge on any atom is 0.0873 e. The Kier molecular flexibility index (Phi) is 3.07. The third-order valence-electron chi connectivity index (χ3n) is 1.65. The number of hydrogen-bond acceptors (Lipinski definition) is 4. The number of hydrogen-bond donors (Lipinski definition) is 2. The lowest BCUT2D eigenvalue weighted by Gasteiger charge is -2.04. The maximum atomic E-state index is 5.18. The van der Waals surface area contributed by atoms with E-state index in [4.69, 9.17) is 11.7 Å². The average molecular weight is 164 g/mol. The van der Waals surface area contributed by atoms with Crippen LogP contribution in [0.5, 0.6) is 0 Å². The second-order valence-electron chi connectivity index (χ2n) is 2.42. The molecule has 4 N–H and O–H groups in total. The van der Waals surface area contributed by atoms with Crippen LogP contribution in [0.4, 0.5) is 0 Å². The van der Waals surface area contributed by atoms with E-state index >= 15 is 0 Å². The van der Waals surface area contributed by atoms with Crippen LogP contribution in [0.1, 0.15) is 12.8 Å². The van der Waals surface area contributed by atoms with Crippen LogP contribution in [0.2, 0.25) is 0 Å². The van der Waals surface area contributed by atoms with Crippen molar-refractivity contribution in [3.05, 3.63) is 24.3 Å². The number of nitrogens with zero attached hydrogens (tertiary/aromatic N) is 2. The third kappa shape index (κ3) is 1.95. The topological polar surface area (TPSA) is 76.8 Å². The van der Waals surface area contributed by atoms with E-state index in [1.807, 2.05) is 24.3 Å². The average Bonchev–Trinajstić information content (AvgIpc) is 2.05. The second kappa shape index (κ2) is 4.33. The van der Waals surface area contributed by atoms with E-state index in [0.29, 0.717) is 12.8 Å². The monoisotopic (exact) mass is 164 g/mol. The molecule has 0 aromatic carbocycles. The first-order valence-corrected chi connectivity index (χ1v) is 3.74. The quantitative estimate of drug-likeness (QED) is 0.404. The fraction of sp³-hybridized carbons (Fsp3) is 0.250. The zero-order valence-electron chi connectivity index (χ0n) is 6.77. The molecule has 0 aliphatic heterocycles. The van der Waals surface area contributed by atoms with Crippen molar-refractivity contribution in [3.8, 4) is 0 Å². The maximum absolute atomic E-state index is 5.18. The normalized spacial score (nSPS) is 29.7. The van der Waals surface area contributed by atoms with Gasteiger partial charge in [0.15, 0.2) is 0 Å². The molecule has 64 valence electrons. The molecule has 0 aromatic heterocycles. The Hall–Kier alpha value is -1.58. The van der Waals surface area contributed by atoms with Gasteiger partial charge in [-0.05, 0) is 0 Å². The number of nitrogens with two attached hydrogens (primary N) is 2. The highest BCUT2D eigenvalue weighted by atomic mass is 15.2. The van der Waals surface area contributed by atoms with Gasteiger partial charge in [0, 0.05) is 12.8 Å². The lowest BCUT2D eigenvalue weighted by molar-refractivity contribution is 1.18. The fourth-order valence-electron chi connectivity index (χ4n) is 1.01. The van der Waals surface area contributed by atoms with Crippen LogP contribution < -0.4 is 11.7 Å². The Morgan fingerprint density at radius 2 is 1.33 bits per heavy atom. The molecule has 4 heteroatoms. The van der Waals surface area contributed by atoms with Crippen LogP contribution in [0, 0.1) is 0 Å². The summed E-state index contributed by atoms with van der Waals surface area (Å²) in [6.45, 7) is 0. The lowest BCUT2D eigenvalue weighted by atomic mass is 10.1. The number of rotatable bonds is 0. The Morgan fingerprint density at radius 1 is 0.917 bits per heavy atom. The SMILES string of the molecule is N/N=C1\C/C=C\C=C/C\C1=N/N. The summed E-state index contributed by atoms with van der Waals surface area (Å²) in [5.74, 6) is 10.4. The molecule has 4 nitrogen and oxygen atoms in total. The Morgan fingerprint density at radius 3 is 1.67 bits per heavy atom. The predicted molar refractivity (Wildman–Crippen MR) is 50.8 cm³/mol. The Balaban J connectivity index is 2.86. The number of hydrazone groups is 2. The van der Waals surface area contributed by atoms with Crippen molar-refractivity contribution in [3.63, 3.8) is 0 Å². The molecule has 0 radical (unpaired) electrons. The van der Waals surface area contributed by atoms with Crippen LogP contribution in [0.3, 0.4) is 0 Å². The summed E-state index contributed by atoms with van der Waals surface area (Å²) in [5.41, 5.74) is 1.50. The predicted octanol–water partition coefficient (Wildman–Crippen LogP) is 0.522. The molecule has 0 heterocycles. The summed E-state index contributed by atoms with van der Waals surface area (Å²) in [4.78, 5) is 0. The highest BCUT2D eigenvalue weighted by Gasteiger charge is 2.06. The Bertz CT molecular complexity index is 232. The van der Waals surface area contributed by atoms with Gasteiger partial charge in [0.2, 0.25) is 0 Å². The summed E-state index contributed by atoms with van der Waals surface area (Å²) in [7, 11) is 0. The largest absolute Gasteiger partial charge is 0.323 e. The molecule has 0 spiro atoms. The van der Waals surface area contributed by atoms with Crippen molar-refractivity contribution in [1.29, 1.82) is 0 Å². The molecular formula is C8H12N4. The minimum atomic E-state index is 0.691. The molecule has 0 fully saturated rings. The second-order valence-corrected chi connectivity index (χ2v) is 2.42. The molecule has 0 saturated heterocycles. The zero-order chi connectivity index (χ0) is 8.81. The molecule has 0 amide bonds. The first-order valence-electron chi connectivity index (χ1n) is 3.74. The summed E-state index contributed by atoms with van der Waals surface area (Å²) >= 11 is 0. The standard InChI is InChI=1S/C8H12N4/c9-11-7-5-3-1-2-4-6-8(7)12-10/h1-4H,5-6,9-10H2/b3-1-,4-2-,11-7+,12-8+. The minimum absolute atomic E-state index is 0.691. The van der Waals surface area contributed by atoms with Gasteiger partial charge < -0.3 is 11.7 Å². The van der Waals surface area contributed by atoms with Gasteiger partial charge in [-0.25, -0.2) is 0 Å². The molecule has 12 heavy (non-hydrogen) atoms. The van der Waals surface area contributed by atoms with Gasteiger partial charge in [-0.15, -0.1) is 0 Å². The van der Waals surface area contributed by atoms with Crippen LogP contribution in [-0.2, 0) is 0 Å². The third-order valence-corrected chi connectivity index (χ3v) is 1.65. The van der Waals surface area contributed by atoms with E-state index in [-0.39, 0.29) is 0 Å². The zero-order valence-corrected chi connectivity index (χ0v) is 6.77. The number of allylic oxidation sites excluding steroid dienone is 4. The first-order chi connectivity index (χ1) is 5.88. The smallest absolute Gasteiger partial charge is 0.0873 e. The van der Waals surface area contributed by atoms with Crippen LogP contribution in [0.25, 0.3) is 0 Å². The highest BCUT2D eigenvalue weighted by Crippen LogP contribution is 2.01. The van der Waals surface area contributed by atoms with Crippen molar-refractivity contribution in [2.75, 3.05) is 0 Å². The van der Waals surface area contributed by atoms with Gasteiger partial charge in [0.05, 0.1) is 11.4 Å². The van der Waals surface area contributed by atoms with Crippen molar-refractivity contribution in [1.82, 2.24) is 0 Å². The van der Waals surface area contributed by atoms with Gasteiger partial charge in [0.25, 0.3) is 0 Å². The summed E-state index contributed by atoms with van der Waals surface area (Å²) in [6.07, 6.45) is 9.23. The van der Waals surface area contributed by atoms with Crippen LogP contribution >= 0.6 is 0 Å². The van der Waals surface area contributed by atoms with Gasteiger partial charge in [-0.1, -0.05) is 24.3 Å². The Labute approximate surface area is 71.3 Å². The molecular weight excluding hydrogens is 152 g/mol. The molecule has 0 saturated carbocycles. The summed E-state index contributed by atoms with van der Waals surface area (Å²) < 4.78 is 0. The van der Waals surface area contributed by atoms with E-state index < -0.39 is 0 Å². The van der Waals surface area contributed by atoms with Gasteiger partial charge in [-0.2, -0.15) is 10.2 Å². The van der Waals surface area contributed by atoms with Crippen molar-refractivity contribution in [2.45, 2.75) is 12.8 Å². The van der Waals surface area contributed by atoms with Gasteiger partial charge >= 0.3 is 0 Å². The summed E-state index contributed by atoms with van der Waals surface area (Å²) in [5, 5.41) is 7.24. The highest BCUT2D eigenvalue weighted by molar-refractivity contribution is 6.42. The van der Waals surface area contributed by atoms with Gasteiger partial charge in [0.1, 0.15) is 0 Å². The van der Waals surface area contributed by atoms with Crippen molar-refractivity contribution in [2.24, 2.45) is 21.9 Å². The molecule has 0 aromatic rings. The van der Waals surface area contributed by atoms with Crippen molar-refractivity contribution < 1.29 is 0 Å². The molecule has 0 atom stereocenters. The van der Waals surface area contributed by atoms with E-state index in [9.17, 15) is 0 Å². The van der Waals surface area contributed by atoms with E-state index in [0.717, 1.165) is 11.4 Å². The van der Waals surface area contributed by atoms with Crippen LogP contribution in [-0.4, -0.2) is 11.4 Å². The fourth-order valence-corrected chi connectivity index (χ4v) is 1.01. The van der Waals surface area contributed by atoms with Gasteiger partial charge in [-0.3, -0.25) is 0 Å². The summed E-state index contributed by atoms with van der Waals surface area (Å²) in [6, 6.07) is 0. The lowest BCUT2D eigenvalue weighted by Crippen LogP contribution is -2.17. The first kappa shape index (κ1) is 8.52. The molecule has 1 rings (SSSR count). The molecule has 0 bridgehead atoms. The van der Waals surface area contributed by atoms with Crippen LogP contribution in [0.15, 0.2) is 34.5 Å². The van der Waals surface area contributed by atoms with Crippen molar-refractivity contribution >= 4 is 11.4 Å². The van der Waals surface area contributed by atoms with E-state index in [1.54, 1.807) is 0 Å². The minimum Gasteiger partial charge on any atom is -0.323 e. The molecule has 1 aliphatic rings. The molecule has 0 unspecified atom stereocenters. The van der Waals surface area contributed by atoms with E-state index in [2.05, 4.69) is 10.2 Å².